The van der Waals surface area contributed by atoms with Crippen LogP contribution in [0.2, 0.25) is 0 Å². The Morgan fingerprint density at radius 1 is 1.21 bits per heavy atom. The van der Waals surface area contributed by atoms with Gasteiger partial charge in [-0.1, -0.05) is 6.07 Å². The standard InChI is InChI=1S/C21H23N5O2/c1-2-28-15-8-7-14-11-19(25-26-21(27)20-13-22-9-10-23-20)16-5-3-4-6-17(16)24-18(14)12-15/h7-10,12-13,25H,2-6,11H2,1H3,(H,26,27). The van der Waals surface area contributed by atoms with Crippen molar-refractivity contribution in [1.82, 2.24) is 20.8 Å². The molecule has 1 fully saturated rings. The van der Waals surface area contributed by atoms with E-state index >= 15 is 0 Å². The molecule has 7 nitrogen and oxygen atoms in total. The lowest BCUT2D eigenvalue weighted by molar-refractivity contribution is 0.0933. The molecule has 144 valence electrons. The van der Waals surface area contributed by atoms with Gasteiger partial charge in [-0.3, -0.25) is 20.2 Å². The summed E-state index contributed by atoms with van der Waals surface area (Å²) < 4.78 is 5.64. The SMILES string of the molecule is CCOc1ccc2c(c1)N=C1CCCCC1=C(NNC(=O)c1cnccn1)C2. The molecule has 2 heterocycles. The van der Waals surface area contributed by atoms with Crippen LogP contribution in [0.4, 0.5) is 5.69 Å². The van der Waals surface area contributed by atoms with E-state index in [1.807, 2.05) is 19.1 Å². The number of hydrogen-bond acceptors (Lipinski definition) is 6. The number of nitrogens with one attached hydrogen (secondary N) is 2. The molecule has 0 radical (unpaired) electrons. The fourth-order valence-electron chi connectivity index (χ4n) is 3.57. The number of rotatable bonds is 5. The summed E-state index contributed by atoms with van der Waals surface area (Å²) in [7, 11) is 0. The van der Waals surface area contributed by atoms with Crippen LogP contribution in [-0.2, 0) is 6.42 Å². The van der Waals surface area contributed by atoms with Gasteiger partial charge in [-0.25, -0.2) is 4.98 Å². The van der Waals surface area contributed by atoms with E-state index < -0.39 is 0 Å². The number of carbonyl (C=O) groups excluding carboxylic acids is 1. The van der Waals surface area contributed by atoms with Gasteiger partial charge in [0.1, 0.15) is 11.4 Å². The van der Waals surface area contributed by atoms with Crippen LogP contribution in [0.15, 0.2) is 53.1 Å². The highest BCUT2D eigenvalue weighted by Crippen LogP contribution is 2.35. The third-order valence-electron chi connectivity index (χ3n) is 4.92. The minimum Gasteiger partial charge on any atom is -0.494 e. The van der Waals surface area contributed by atoms with Crippen LogP contribution in [0.5, 0.6) is 5.75 Å². The lowest BCUT2D eigenvalue weighted by Gasteiger charge is -2.21. The number of allylic oxidation sites excluding steroid dienone is 2. The Labute approximate surface area is 163 Å². The lowest BCUT2D eigenvalue weighted by Crippen LogP contribution is -2.39. The van der Waals surface area contributed by atoms with Crippen molar-refractivity contribution >= 4 is 17.3 Å². The molecular formula is C21H23N5O2. The first-order chi connectivity index (χ1) is 13.7. The van der Waals surface area contributed by atoms with E-state index in [9.17, 15) is 4.79 Å². The Bertz CT molecular complexity index is 937. The number of fused-ring (bicyclic) bond motifs is 2. The fourth-order valence-corrected chi connectivity index (χ4v) is 3.57. The van der Waals surface area contributed by atoms with Gasteiger partial charge in [0.05, 0.1) is 18.5 Å². The van der Waals surface area contributed by atoms with E-state index in [1.54, 1.807) is 6.20 Å². The zero-order valence-electron chi connectivity index (χ0n) is 15.9. The average Bonchev–Trinajstić information content (AvgIpc) is 2.89. The van der Waals surface area contributed by atoms with Crippen molar-refractivity contribution in [2.24, 2.45) is 4.99 Å². The number of carbonyl (C=O) groups is 1. The molecule has 0 spiro atoms. The predicted molar refractivity (Wildman–Crippen MR) is 107 cm³/mol. The number of hydrazine groups is 1. The largest absolute Gasteiger partial charge is 0.494 e. The van der Waals surface area contributed by atoms with Crippen LogP contribution >= 0.6 is 0 Å². The topological polar surface area (TPSA) is 88.5 Å². The number of ether oxygens (including phenoxy) is 1. The van der Waals surface area contributed by atoms with Crippen molar-refractivity contribution in [2.45, 2.75) is 39.0 Å². The van der Waals surface area contributed by atoms with Gasteiger partial charge in [0, 0.05) is 36.3 Å². The Morgan fingerprint density at radius 2 is 2.11 bits per heavy atom. The molecule has 1 aliphatic heterocycles. The van der Waals surface area contributed by atoms with E-state index in [4.69, 9.17) is 9.73 Å². The third kappa shape index (κ3) is 3.88. The van der Waals surface area contributed by atoms with Gasteiger partial charge in [-0.15, -0.1) is 0 Å². The molecule has 1 aromatic heterocycles. The molecule has 1 saturated carbocycles. The summed E-state index contributed by atoms with van der Waals surface area (Å²) in [6.45, 7) is 2.60. The van der Waals surface area contributed by atoms with Crippen molar-refractivity contribution in [1.29, 1.82) is 0 Å². The Kier molecular flexibility index (Phi) is 5.32. The molecule has 0 saturated heterocycles. The van der Waals surface area contributed by atoms with E-state index in [0.29, 0.717) is 13.0 Å². The smallest absolute Gasteiger partial charge is 0.289 e. The van der Waals surface area contributed by atoms with Gasteiger partial charge in [-0.2, -0.15) is 0 Å². The van der Waals surface area contributed by atoms with Gasteiger partial charge in [0.15, 0.2) is 0 Å². The number of hydrogen-bond donors (Lipinski definition) is 2. The minimum absolute atomic E-state index is 0.272. The second-order valence-corrected chi connectivity index (χ2v) is 6.79. The number of amides is 1. The molecule has 1 amide bonds. The van der Waals surface area contributed by atoms with Gasteiger partial charge in [0.25, 0.3) is 5.91 Å². The summed E-state index contributed by atoms with van der Waals surface area (Å²) in [6, 6.07) is 6.02. The molecular weight excluding hydrogens is 354 g/mol. The molecule has 1 aromatic carbocycles. The van der Waals surface area contributed by atoms with E-state index in [2.05, 4.69) is 26.9 Å². The van der Waals surface area contributed by atoms with Crippen LogP contribution in [0.25, 0.3) is 0 Å². The number of aromatic nitrogens is 2. The summed E-state index contributed by atoms with van der Waals surface area (Å²) in [5, 5.41) is 0. The number of nitrogens with zero attached hydrogens (tertiary/aromatic N) is 3. The van der Waals surface area contributed by atoms with Crippen molar-refractivity contribution in [3.05, 3.63) is 59.3 Å². The highest BCUT2D eigenvalue weighted by Gasteiger charge is 2.23. The van der Waals surface area contributed by atoms with Crippen molar-refractivity contribution in [3.63, 3.8) is 0 Å². The Hall–Kier alpha value is -3.22. The number of benzene rings is 1. The summed E-state index contributed by atoms with van der Waals surface area (Å²) in [6.07, 6.45) is 9.30. The predicted octanol–water partition coefficient (Wildman–Crippen LogP) is 3.27. The van der Waals surface area contributed by atoms with Gasteiger partial charge in [-0.05, 0) is 49.8 Å². The quantitative estimate of drug-likeness (QED) is 0.781. The second-order valence-electron chi connectivity index (χ2n) is 6.79. The van der Waals surface area contributed by atoms with E-state index in [-0.39, 0.29) is 11.6 Å². The molecule has 7 heteroatoms. The summed E-state index contributed by atoms with van der Waals surface area (Å²) >= 11 is 0. The van der Waals surface area contributed by atoms with E-state index in [0.717, 1.165) is 54.1 Å². The van der Waals surface area contributed by atoms with Crippen molar-refractivity contribution in [3.8, 4) is 5.75 Å². The Morgan fingerprint density at radius 3 is 2.93 bits per heavy atom. The molecule has 1 aliphatic carbocycles. The van der Waals surface area contributed by atoms with Crippen LogP contribution < -0.4 is 15.6 Å². The third-order valence-corrected chi connectivity index (χ3v) is 4.92. The zero-order chi connectivity index (χ0) is 19.3. The normalized spacial score (nSPS) is 15.7. The van der Waals surface area contributed by atoms with E-state index in [1.165, 1.54) is 18.0 Å². The molecule has 0 unspecified atom stereocenters. The highest BCUT2D eigenvalue weighted by atomic mass is 16.5. The molecule has 4 rings (SSSR count). The fraction of sp³-hybridized carbons (Fsp3) is 0.333. The first-order valence-electron chi connectivity index (χ1n) is 9.62. The summed E-state index contributed by atoms with van der Waals surface area (Å²) in [5.74, 6) is 0.516. The van der Waals surface area contributed by atoms with Crippen molar-refractivity contribution in [2.75, 3.05) is 6.61 Å². The first-order valence-corrected chi connectivity index (χ1v) is 9.62. The molecule has 2 aromatic rings. The van der Waals surface area contributed by atoms with Crippen LogP contribution in [-0.4, -0.2) is 28.2 Å². The average molecular weight is 377 g/mol. The van der Waals surface area contributed by atoms with Gasteiger partial charge >= 0.3 is 0 Å². The lowest BCUT2D eigenvalue weighted by atomic mass is 9.90. The Balaban J connectivity index is 1.60. The molecule has 2 N–H and O–H groups in total. The maximum atomic E-state index is 12.3. The maximum absolute atomic E-state index is 12.3. The van der Waals surface area contributed by atoms with Gasteiger partial charge < -0.3 is 10.2 Å². The van der Waals surface area contributed by atoms with Crippen LogP contribution in [0.1, 0.15) is 48.7 Å². The number of aliphatic imine (C=N–C) groups is 1. The maximum Gasteiger partial charge on any atom is 0.289 e. The van der Waals surface area contributed by atoms with Crippen molar-refractivity contribution < 1.29 is 9.53 Å². The molecule has 2 aliphatic rings. The second kappa shape index (κ2) is 8.21. The zero-order valence-corrected chi connectivity index (χ0v) is 15.9. The molecule has 28 heavy (non-hydrogen) atoms. The summed E-state index contributed by atoms with van der Waals surface area (Å²) in [4.78, 5) is 25.3. The first kappa shape index (κ1) is 18.2. The minimum atomic E-state index is -0.313. The van der Waals surface area contributed by atoms with Crippen LogP contribution in [0, 0.1) is 0 Å². The summed E-state index contributed by atoms with van der Waals surface area (Å²) in [5.41, 5.74) is 11.5. The van der Waals surface area contributed by atoms with Gasteiger partial charge in [0.2, 0.25) is 0 Å². The monoisotopic (exact) mass is 377 g/mol. The highest BCUT2D eigenvalue weighted by molar-refractivity contribution is 6.03. The molecule has 0 bridgehead atoms. The van der Waals surface area contributed by atoms with Crippen LogP contribution in [0.3, 0.4) is 0 Å². The molecule has 0 atom stereocenters.